The molecule has 2 unspecified atom stereocenters. The minimum Gasteiger partial charge on any atom is -0.472 e. The standard InChI is InChI=1S/C13H17ClFNO/c1-9-3-2-4-11(7-9)17-13-12(15)10(8-14)5-6-16-13/h5-6,9,11H,2-4,7-8H2,1H3. The molecule has 0 saturated heterocycles. The van der Waals surface area contributed by atoms with Gasteiger partial charge in [-0.1, -0.05) is 13.3 Å². The second-order valence-corrected chi connectivity index (χ2v) is 5.00. The largest absolute Gasteiger partial charge is 0.472 e. The first-order valence-corrected chi connectivity index (χ1v) is 6.60. The van der Waals surface area contributed by atoms with Gasteiger partial charge < -0.3 is 4.74 Å². The van der Waals surface area contributed by atoms with Crippen LogP contribution in [0.15, 0.2) is 12.3 Å². The van der Waals surface area contributed by atoms with E-state index >= 15 is 0 Å². The normalized spacial score (nSPS) is 24.6. The molecule has 1 aliphatic rings. The first-order valence-electron chi connectivity index (χ1n) is 6.06. The molecule has 94 valence electrons. The summed E-state index contributed by atoms with van der Waals surface area (Å²) >= 11 is 5.65. The quantitative estimate of drug-likeness (QED) is 0.766. The second-order valence-electron chi connectivity index (χ2n) is 4.73. The van der Waals surface area contributed by atoms with Crippen molar-refractivity contribution in [1.82, 2.24) is 4.98 Å². The molecule has 2 atom stereocenters. The SMILES string of the molecule is CC1CCCC(Oc2nccc(CCl)c2F)C1. The molecule has 2 rings (SSSR count). The zero-order chi connectivity index (χ0) is 12.3. The second kappa shape index (κ2) is 5.67. The Labute approximate surface area is 106 Å². The van der Waals surface area contributed by atoms with Crippen molar-refractivity contribution in [2.45, 2.75) is 44.6 Å². The molecule has 2 nitrogen and oxygen atoms in total. The molecule has 0 aromatic carbocycles. The van der Waals surface area contributed by atoms with Crippen LogP contribution >= 0.6 is 11.6 Å². The molecule has 0 spiro atoms. The monoisotopic (exact) mass is 257 g/mol. The van der Waals surface area contributed by atoms with E-state index in [0.29, 0.717) is 11.5 Å². The summed E-state index contributed by atoms with van der Waals surface area (Å²) in [5.74, 6) is 0.474. The molecular formula is C13H17ClFNO. The van der Waals surface area contributed by atoms with Gasteiger partial charge in [0, 0.05) is 11.8 Å². The minimum atomic E-state index is -0.416. The van der Waals surface area contributed by atoms with Crippen molar-refractivity contribution in [2.24, 2.45) is 5.92 Å². The molecule has 0 aliphatic heterocycles. The van der Waals surface area contributed by atoms with Crippen LogP contribution in [-0.4, -0.2) is 11.1 Å². The molecule has 1 aliphatic carbocycles. The molecule has 17 heavy (non-hydrogen) atoms. The van der Waals surface area contributed by atoms with E-state index in [2.05, 4.69) is 11.9 Å². The Morgan fingerprint density at radius 3 is 3.06 bits per heavy atom. The summed E-state index contributed by atoms with van der Waals surface area (Å²) in [4.78, 5) is 3.95. The summed E-state index contributed by atoms with van der Waals surface area (Å²) in [7, 11) is 0. The smallest absolute Gasteiger partial charge is 0.250 e. The van der Waals surface area contributed by atoms with Crippen LogP contribution in [0.5, 0.6) is 5.88 Å². The van der Waals surface area contributed by atoms with Crippen molar-refractivity contribution in [1.29, 1.82) is 0 Å². The van der Waals surface area contributed by atoms with Crippen molar-refractivity contribution >= 4 is 11.6 Å². The van der Waals surface area contributed by atoms with Crippen molar-refractivity contribution < 1.29 is 9.13 Å². The van der Waals surface area contributed by atoms with E-state index in [0.717, 1.165) is 19.3 Å². The van der Waals surface area contributed by atoms with Crippen LogP contribution in [0.3, 0.4) is 0 Å². The number of hydrogen-bond donors (Lipinski definition) is 0. The van der Waals surface area contributed by atoms with Gasteiger partial charge in [-0.3, -0.25) is 0 Å². The Kier molecular flexibility index (Phi) is 4.21. The van der Waals surface area contributed by atoms with Crippen LogP contribution in [-0.2, 0) is 5.88 Å². The maximum absolute atomic E-state index is 13.9. The fourth-order valence-electron chi connectivity index (χ4n) is 2.29. The number of rotatable bonds is 3. The predicted molar refractivity (Wildman–Crippen MR) is 65.8 cm³/mol. The molecular weight excluding hydrogens is 241 g/mol. The van der Waals surface area contributed by atoms with Gasteiger partial charge in [0.15, 0.2) is 5.82 Å². The van der Waals surface area contributed by atoms with Crippen LogP contribution in [0.1, 0.15) is 38.2 Å². The number of ether oxygens (including phenoxy) is 1. The van der Waals surface area contributed by atoms with Crippen LogP contribution in [0.2, 0.25) is 0 Å². The van der Waals surface area contributed by atoms with Gasteiger partial charge in [0.25, 0.3) is 5.88 Å². The van der Waals surface area contributed by atoms with Crippen LogP contribution in [0, 0.1) is 11.7 Å². The molecule has 4 heteroatoms. The number of hydrogen-bond acceptors (Lipinski definition) is 2. The Balaban J connectivity index is 2.07. The lowest BCUT2D eigenvalue weighted by Gasteiger charge is -2.27. The van der Waals surface area contributed by atoms with Crippen LogP contribution in [0.25, 0.3) is 0 Å². The third-order valence-corrected chi connectivity index (χ3v) is 3.54. The van der Waals surface area contributed by atoms with E-state index < -0.39 is 5.82 Å². The summed E-state index contributed by atoms with van der Waals surface area (Å²) in [5, 5.41) is 0. The molecule has 1 fully saturated rings. The van der Waals surface area contributed by atoms with Crippen LogP contribution in [0.4, 0.5) is 4.39 Å². The molecule has 0 amide bonds. The lowest BCUT2D eigenvalue weighted by molar-refractivity contribution is 0.118. The highest BCUT2D eigenvalue weighted by Gasteiger charge is 2.22. The lowest BCUT2D eigenvalue weighted by atomic mass is 9.89. The Morgan fingerprint density at radius 1 is 1.53 bits per heavy atom. The van der Waals surface area contributed by atoms with Gasteiger partial charge in [-0.15, -0.1) is 11.6 Å². The van der Waals surface area contributed by atoms with E-state index in [1.54, 1.807) is 12.3 Å². The fraction of sp³-hybridized carbons (Fsp3) is 0.615. The predicted octanol–water partition coefficient (Wildman–Crippen LogP) is 3.92. The lowest BCUT2D eigenvalue weighted by Crippen LogP contribution is -2.25. The third-order valence-electron chi connectivity index (χ3n) is 3.25. The molecule has 0 bridgehead atoms. The first kappa shape index (κ1) is 12.6. The van der Waals surface area contributed by atoms with Gasteiger partial charge in [-0.2, -0.15) is 0 Å². The molecule has 1 aromatic heterocycles. The minimum absolute atomic E-state index is 0.0892. The van der Waals surface area contributed by atoms with E-state index in [9.17, 15) is 4.39 Å². The van der Waals surface area contributed by atoms with E-state index in [4.69, 9.17) is 16.3 Å². The van der Waals surface area contributed by atoms with Gasteiger partial charge in [0.1, 0.15) is 6.10 Å². The van der Waals surface area contributed by atoms with E-state index in [1.807, 2.05) is 0 Å². The summed E-state index contributed by atoms with van der Waals surface area (Å²) in [6, 6.07) is 1.58. The van der Waals surface area contributed by atoms with Gasteiger partial charge in [0.2, 0.25) is 0 Å². The Bertz CT molecular complexity index is 386. The molecule has 0 radical (unpaired) electrons. The van der Waals surface area contributed by atoms with Crippen molar-refractivity contribution in [3.63, 3.8) is 0 Å². The average molecular weight is 258 g/mol. The molecule has 1 saturated carbocycles. The zero-order valence-corrected chi connectivity index (χ0v) is 10.7. The third kappa shape index (κ3) is 3.09. The molecule has 1 aromatic rings. The highest BCUT2D eigenvalue weighted by atomic mass is 35.5. The van der Waals surface area contributed by atoms with Crippen molar-refractivity contribution in [3.05, 3.63) is 23.6 Å². The maximum Gasteiger partial charge on any atom is 0.250 e. The number of pyridine rings is 1. The number of alkyl halides is 1. The molecule has 1 heterocycles. The van der Waals surface area contributed by atoms with Gasteiger partial charge in [0.05, 0.1) is 5.88 Å². The first-order chi connectivity index (χ1) is 8.20. The maximum atomic E-state index is 13.9. The highest BCUT2D eigenvalue weighted by Crippen LogP contribution is 2.28. The summed E-state index contributed by atoms with van der Waals surface area (Å²) < 4.78 is 19.5. The van der Waals surface area contributed by atoms with Crippen molar-refractivity contribution in [3.8, 4) is 5.88 Å². The number of aromatic nitrogens is 1. The summed E-state index contributed by atoms with van der Waals surface area (Å²) in [6.45, 7) is 2.20. The molecule has 0 N–H and O–H groups in total. The van der Waals surface area contributed by atoms with Crippen LogP contribution < -0.4 is 4.74 Å². The zero-order valence-electron chi connectivity index (χ0n) is 9.96. The topological polar surface area (TPSA) is 22.1 Å². The van der Waals surface area contributed by atoms with Crippen molar-refractivity contribution in [2.75, 3.05) is 0 Å². The average Bonchev–Trinajstić information content (AvgIpc) is 2.32. The highest BCUT2D eigenvalue weighted by molar-refractivity contribution is 6.17. The Morgan fingerprint density at radius 2 is 2.35 bits per heavy atom. The van der Waals surface area contributed by atoms with Gasteiger partial charge in [-0.25, -0.2) is 9.37 Å². The number of nitrogens with zero attached hydrogens (tertiary/aromatic N) is 1. The Hall–Kier alpha value is -0.830. The summed E-state index contributed by atoms with van der Waals surface area (Å²) in [6.07, 6.45) is 5.97. The van der Waals surface area contributed by atoms with Gasteiger partial charge >= 0.3 is 0 Å². The van der Waals surface area contributed by atoms with E-state index in [1.165, 1.54) is 6.42 Å². The van der Waals surface area contributed by atoms with Gasteiger partial charge in [-0.05, 0) is 31.2 Å². The number of halogens is 2. The summed E-state index contributed by atoms with van der Waals surface area (Å²) in [5.41, 5.74) is 0.445. The van der Waals surface area contributed by atoms with E-state index in [-0.39, 0.29) is 17.9 Å². The fourth-order valence-corrected chi connectivity index (χ4v) is 2.50.